The fraction of sp³-hybridized carbons (Fsp3) is 0.316. The van der Waals surface area contributed by atoms with Crippen LogP contribution in [0.2, 0.25) is 0 Å². The van der Waals surface area contributed by atoms with Gasteiger partial charge in [-0.1, -0.05) is 21.1 Å². The molecule has 1 saturated heterocycles. The molecule has 1 aliphatic heterocycles. The van der Waals surface area contributed by atoms with Crippen molar-refractivity contribution in [3.63, 3.8) is 0 Å². The molecule has 0 spiro atoms. The number of halogens is 2. The first-order valence-electron chi connectivity index (χ1n) is 8.78. The molecule has 1 aliphatic rings. The summed E-state index contributed by atoms with van der Waals surface area (Å²) in [6.45, 7) is 4.12. The summed E-state index contributed by atoms with van der Waals surface area (Å²) < 4.78 is 19.4. The van der Waals surface area contributed by atoms with Gasteiger partial charge in [0.1, 0.15) is 11.6 Å². The lowest BCUT2D eigenvalue weighted by Gasteiger charge is -2.33. The molecule has 2 heterocycles. The third kappa shape index (κ3) is 5.49. The largest absolute Gasteiger partial charge is 0.360 e. The molecule has 1 fully saturated rings. The maximum absolute atomic E-state index is 13.7. The van der Waals surface area contributed by atoms with Crippen LogP contribution in [0.1, 0.15) is 11.3 Å². The van der Waals surface area contributed by atoms with Crippen LogP contribution in [-0.4, -0.2) is 59.5 Å². The Kier molecular flexibility index (Phi) is 6.58. The highest BCUT2D eigenvalue weighted by Gasteiger charge is 2.21. The van der Waals surface area contributed by atoms with E-state index in [0.29, 0.717) is 43.3 Å². The van der Waals surface area contributed by atoms with E-state index in [9.17, 15) is 14.0 Å². The van der Waals surface area contributed by atoms with Gasteiger partial charge in [0.2, 0.25) is 11.8 Å². The maximum Gasteiger partial charge on any atom is 0.246 e. The Labute approximate surface area is 170 Å². The number of benzene rings is 1. The first-order chi connectivity index (χ1) is 13.4. The maximum atomic E-state index is 13.7. The van der Waals surface area contributed by atoms with Gasteiger partial charge in [0.15, 0.2) is 5.82 Å². The van der Waals surface area contributed by atoms with Crippen LogP contribution in [0.3, 0.4) is 0 Å². The number of anilines is 1. The SMILES string of the molecule is Cc1cc(NC(=O)CN2CCN(C(=O)/C=C/c3cc(Br)ccc3F)CC2)no1. The van der Waals surface area contributed by atoms with Gasteiger partial charge >= 0.3 is 0 Å². The van der Waals surface area contributed by atoms with E-state index in [1.807, 2.05) is 4.90 Å². The first-order valence-corrected chi connectivity index (χ1v) is 9.57. The van der Waals surface area contributed by atoms with Crippen LogP contribution >= 0.6 is 15.9 Å². The number of rotatable bonds is 5. The predicted octanol–water partition coefficient (Wildman–Crippen LogP) is 2.68. The molecule has 2 aromatic rings. The number of aryl methyl sites for hydroxylation is 1. The second kappa shape index (κ2) is 9.11. The van der Waals surface area contributed by atoms with Gasteiger partial charge in [-0.15, -0.1) is 0 Å². The number of amides is 2. The van der Waals surface area contributed by atoms with E-state index >= 15 is 0 Å². The number of nitrogens with zero attached hydrogens (tertiary/aromatic N) is 3. The van der Waals surface area contributed by atoms with Crippen molar-refractivity contribution in [2.45, 2.75) is 6.92 Å². The fourth-order valence-electron chi connectivity index (χ4n) is 2.85. The molecule has 1 aromatic heterocycles. The average Bonchev–Trinajstić information content (AvgIpc) is 3.07. The molecule has 0 aliphatic carbocycles. The average molecular weight is 451 g/mol. The van der Waals surface area contributed by atoms with E-state index in [1.165, 1.54) is 18.2 Å². The fourth-order valence-corrected chi connectivity index (χ4v) is 3.22. The summed E-state index contributed by atoms with van der Waals surface area (Å²) in [6, 6.07) is 6.22. The monoisotopic (exact) mass is 450 g/mol. The molecule has 1 aromatic carbocycles. The van der Waals surface area contributed by atoms with Crippen molar-refractivity contribution in [3.05, 3.63) is 52.0 Å². The van der Waals surface area contributed by atoms with Crippen molar-refractivity contribution in [1.82, 2.24) is 15.0 Å². The molecule has 0 atom stereocenters. The Morgan fingerprint density at radius 1 is 1.29 bits per heavy atom. The Bertz CT molecular complexity index is 891. The number of nitrogens with one attached hydrogen (secondary N) is 1. The Hall–Kier alpha value is -2.52. The molecule has 3 rings (SSSR count). The highest BCUT2D eigenvalue weighted by Crippen LogP contribution is 2.17. The lowest BCUT2D eigenvalue weighted by Crippen LogP contribution is -2.50. The van der Waals surface area contributed by atoms with E-state index in [-0.39, 0.29) is 24.2 Å². The van der Waals surface area contributed by atoms with Crippen molar-refractivity contribution in [3.8, 4) is 0 Å². The summed E-state index contributed by atoms with van der Waals surface area (Å²) in [7, 11) is 0. The molecular formula is C19H20BrFN4O3. The van der Waals surface area contributed by atoms with Crippen molar-refractivity contribution >= 4 is 39.6 Å². The topological polar surface area (TPSA) is 78.7 Å². The zero-order valence-corrected chi connectivity index (χ0v) is 16.9. The van der Waals surface area contributed by atoms with Crippen LogP contribution < -0.4 is 5.32 Å². The second-order valence-corrected chi connectivity index (χ2v) is 7.39. The van der Waals surface area contributed by atoms with Crippen LogP contribution in [0.15, 0.2) is 39.3 Å². The summed E-state index contributed by atoms with van der Waals surface area (Å²) in [6.07, 6.45) is 2.85. The number of hydrogen-bond acceptors (Lipinski definition) is 5. The normalized spacial score (nSPS) is 15.2. The summed E-state index contributed by atoms with van der Waals surface area (Å²) in [5.41, 5.74) is 0.348. The summed E-state index contributed by atoms with van der Waals surface area (Å²) in [5, 5.41) is 6.40. The molecule has 28 heavy (non-hydrogen) atoms. The van der Waals surface area contributed by atoms with Crippen LogP contribution in [0.25, 0.3) is 6.08 Å². The van der Waals surface area contributed by atoms with E-state index in [1.54, 1.807) is 30.0 Å². The van der Waals surface area contributed by atoms with Crippen molar-refractivity contribution in [2.75, 3.05) is 38.0 Å². The van der Waals surface area contributed by atoms with Gasteiger partial charge in [-0.25, -0.2) is 4.39 Å². The van der Waals surface area contributed by atoms with Gasteiger partial charge in [-0.05, 0) is 31.2 Å². The molecule has 2 amide bonds. The van der Waals surface area contributed by atoms with Gasteiger partial charge in [0.25, 0.3) is 0 Å². The third-order valence-electron chi connectivity index (χ3n) is 4.31. The zero-order chi connectivity index (χ0) is 20.1. The minimum Gasteiger partial charge on any atom is -0.360 e. The zero-order valence-electron chi connectivity index (χ0n) is 15.3. The van der Waals surface area contributed by atoms with Gasteiger partial charge in [0.05, 0.1) is 6.54 Å². The molecule has 0 unspecified atom stereocenters. The second-order valence-electron chi connectivity index (χ2n) is 6.47. The van der Waals surface area contributed by atoms with Crippen molar-refractivity contribution in [1.29, 1.82) is 0 Å². The Balaban J connectivity index is 1.46. The van der Waals surface area contributed by atoms with Gasteiger partial charge in [0, 0.05) is 48.4 Å². The highest BCUT2D eigenvalue weighted by atomic mass is 79.9. The summed E-state index contributed by atoms with van der Waals surface area (Å²) >= 11 is 3.28. The molecule has 9 heteroatoms. The molecule has 0 saturated carbocycles. The standard InChI is InChI=1S/C19H20BrFN4O3/c1-13-10-17(23-28-13)22-18(26)12-24-6-8-25(9-7-24)19(27)5-2-14-11-15(20)3-4-16(14)21/h2-5,10-11H,6-9,12H2,1H3,(H,22,23,26)/b5-2+. The van der Waals surface area contributed by atoms with Crippen LogP contribution in [-0.2, 0) is 9.59 Å². The first kappa shape index (κ1) is 20.2. The molecule has 148 valence electrons. The van der Waals surface area contributed by atoms with Gasteiger partial charge in [-0.3, -0.25) is 14.5 Å². The van der Waals surface area contributed by atoms with Gasteiger partial charge < -0.3 is 14.7 Å². The quantitative estimate of drug-likeness (QED) is 0.708. The minimum atomic E-state index is -0.384. The van der Waals surface area contributed by atoms with Crippen LogP contribution in [0.5, 0.6) is 0 Å². The highest BCUT2D eigenvalue weighted by molar-refractivity contribution is 9.10. The molecular weight excluding hydrogens is 431 g/mol. The number of carbonyl (C=O) groups is 2. The minimum absolute atomic E-state index is 0.179. The van der Waals surface area contributed by atoms with Crippen molar-refractivity contribution < 1.29 is 18.5 Å². The smallest absolute Gasteiger partial charge is 0.246 e. The van der Waals surface area contributed by atoms with Crippen LogP contribution in [0.4, 0.5) is 10.2 Å². The Morgan fingerprint density at radius 2 is 2.04 bits per heavy atom. The summed E-state index contributed by atoms with van der Waals surface area (Å²) in [5.74, 6) is 0.268. The number of piperazine rings is 1. The van der Waals surface area contributed by atoms with Crippen LogP contribution in [0, 0.1) is 12.7 Å². The number of aromatic nitrogens is 1. The molecule has 0 bridgehead atoms. The predicted molar refractivity (Wildman–Crippen MR) is 106 cm³/mol. The van der Waals surface area contributed by atoms with E-state index < -0.39 is 0 Å². The van der Waals surface area contributed by atoms with E-state index in [0.717, 1.165) is 4.47 Å². The number of carbonyl (C=O) groups excluding carboxylic acids is 2. The third-order valence-corrected chi connectivity index (χ3v) is 4.80. The lowest BCUT2D eigenvalue weighted by atomic mass is 10.2. The lowest BCUT2D eigenvalue weighted by molar-refractivity contribution is -0.127. The van der Waals surface area contributed by atoms with E-state index in [4.69, 9.17) is 4.52 Å². The van der Waals surface area contributed by atoms with E-state index in [2.05, 4.69) is 26.4 Å². The molecule has 7 nitrogen and oxygen atoms in total. The van der Waals surface area contributed by atoms with Crippen molar-refractivity contribution in [2.24, 2.45) is 0 Å². The number of hydrogen-bond donors (Lipinski definition) is 1. The molecule has 1 N–H and O–H groups in total. The molecule has 0 radical (unpaired) electrons. The van der Waals surface area contributed by atoms with Gasteiger partial charge in [-0.2, -0.15) is 0 Å². The Morgan fingerprint density at radius 3 is 2.71 bits per heavy atom. The summed E-state index contributed by atoms with van der Waals surface area (Å²) in [4.78, 5) is 28.0.